The van der Waals surface area contributed by atoms with Gasteiger partial charge in [-0.2, -0.15) is 5.26 Å². The molecule has 1 aliphatic rings. The highest BCUT2D eigenvalue weighted by molar-refractivity contribution is 5.98. The van der Waals surface area contributed by atoms with E-state index in [2.05, 4.69) is 59.6 Å². The highest BCUT2D eigenvalue weighted by Crippen LogP contribution is 2.46. The Morgan fingerprint density at radius 3 is 2.23 bits per heavy atom. The smallest absolute Gasteiger partial charge is 0.148 e. The SMILES string of the molecule is CC1(O)CC(N)(c2ccc(-c3cc4ccnc(C#N)c4cc3-c3ccccc3)cc2)C1. The van der Waals surface area contributed by atoms with Gasteiger partial charge in [-0.1, -0.05) is 54.6 Å². The molecule has 0 unspecified atom stereocenters. The third kappa shape index (κ3) is 3.38. The Kier molecular flexibility index (Phi) is 4.40. The molecule has 0 aliphatic heterocycles. The van der Waals surface area contributed by atoms with Crippen molar-refractivity contribution in [3.8, 4) is 28.3 Å². The molecule has 5 rings (SSSR count). The van der Waals surface area contributed by atoms with Gasteiger partial charge in [0, 0.05) is 17.1 Å². The first-order valence-corrected chi connectivity index (χ1v) is 10.4. The lowest BCUT2D eigenvalue weighted by Crippen LogP contribution is -2.58. The standard InChI is InChI=1S/C27H23N3O/c1-26(31)16-27(29,17-26)21-9-7-19(8-10-21)22-13-20-11-12-30-25(15-28)24(20)14-23(22)18-5-3-2-4-6-18/h2-14,31H,16-17,29H2,1H3. The summed E-state index contributed by atoms with van der Waals surface area (Å²) in [4.78, 5) is 4.23. The van der Waals surface area contributed by atoms with E-state index in [0.717, 1.165) is 38.6 Å². The van der Waals surface area contributed by atoms with Crippen molar-refractivity contribution in [2.45, 2.75) is 30.9 Å². The lowest BCUT2D eigenvalue weighted by atomic mass is 9.63. The van der Waals surface area contributed by atoms with E-state index >= 15 is 0 Å². The first kappa shape index (κ1) is 19.4. The van der Waals surface area contributed by atoms with Crippen LogP contribution >= 0.6 is 0 Å². The zero-order chi connectivity index (χ0) is 21.6. The minimum atomic E-state index is -0.682. The third-order valence-corrected chi connectivity index (χ3v) is 6.26. The zero-order valence-corrected chi connectivity index (χ0v) is 17.3. The van der Waals surface area contributed by atoms with Crippen molar-refractivity contribution in [1.29, 1.82) is 5.26 Å². The number of benzene rings is 3. The molecule has 1 aromatic heterocycles. The van der Waals surface area contributed by atoms with Gasteiger partial charge < -0.3 is 10.8 Å². The van der Waals surface area contributed by atoms with Crippen LogP contribution in [0.2, 0.25) is 0 Å². The lowest BCUT2D eigenvalue weighted by Gasteiger charge is -2.49. The van der Waals surface area contributed by atoms with Gasteiger partial charge >= 0.3 is 0 Å². The van der Waals surface area contributed by atoms with Gasteiger partial charge in [-0.15, -0.1) is 0 Å². The number of rotatable bonds is 3. The lowest BCUT2D eigenvalue weighted by molar-refractivity contribution is -0.0738. The summed E-state index contributed by atoms with van der Waals surface area (Å²) in [6.07, 6.45) is 2.81. The number of nitrogens with zero attached hydrogens (tertiary/aromatic N) is 2. The fraction of sp³-hybridized carbons (Fsp3) is 0.185. The van der Waals surface area contributed by atoms with Crippen LogP contribution in [0.1, 0.15) is 31.0 Å². The Hall–Kier alpha value is -3.52. The van der Waals surface area contributed by atoms with Crippen molar-refractivity contribution in [3.05, 3.63) is 90.3 Å². The molecule has 1 saturated carbocycles. The van der Waals surface area contributed by atoms with Gasteiger partial charge in [-0.25, -0.2) is 4.98 Å². The van der Waals surface area contributed by atoms with E-state index in [1.54, 1.807) is 6.20 Å². The number of nitrogens with two attached hydrogens (primary N) is 1. The van der Waals surface area contributed by atoms with Crippen molar-refractivity contribution < 1.29 is 5.11 Å². The second kappa shape index (κ2) is 7.02. The van der Waals surface area contributed by atoms with Crippen LogP contribution in [-0.2, 0) is 5.54 Å². The van der Waals surface area contributed by atoms with E-state index < -0.39 is 11.1 Å². The van der Waals surface area contributed by atoms with E-state index in [1.165, 1.54) is 0 Å². The maximum atomic E-state index is 10.1. The molecule has 0 atom stereocenters. The molecule has 3 aromatic carbocycles. The summed E-state index contributed by atoms with van der Waals surface area (Å²) < 4.78 is 0. The number of aliphatic hydroxyl groups is 1. The van der Waals surface area contributed by atoms with Crippen LogP contribution in [0, 0.1) is 11.3 Å². The second-order valence-corrected chi connectivity index (χ2v) is 8.84. The number of pyridine rings is 1. The Morgan fingerprint density at radius 2 is 1.58 bits per heavy atom. The minimum Gasteiger partial charge on any atom is -0.390 e. The maximum absolute atomic E-state index is 10.1. The highest BCUT2D eigenvalue weighted by Gasteiger charge is 2.49. The van der Waals surface area contributed by atoms with Gasteiger partial charge in [0.05, 0.1) is 5.60 Å². The Bertz CT molecular complexity index is 1310. The molecule has 0 saturated heterocycles. The summed E-state index contributed by atoms with van der Waals surface area (Å²) in [5.41, 5.74) is 11.1. The van der Waals surface area contributed by atoms with Crippen molar-refractivity contribution in [1.82, 2.24) is 4.98 Å². The molecule has 31 heavy (non-hydrogen) atoms. The monoisotopic (exact) mass is 405 g/mol. The molecular formula is C27H23N3O. The number of aromatic nitrogens is 1. The molecular weight excluding hydrogens is 382 g/mol. The van der Waals surface area contributed by atoms with Gasteiger partial charge in [0.25, 0.3) is 0 Å². The molecule has 1 aliphatic carbocycles. The Morgan fingerprint density at radius 1 is 0.935 bits per heavy atom. The molecule has 3 N–H and O–H groups in total. The molecule has 0 spiro atoms. The largest absolute Gasteiger partial charge is 0.390 e. The average molecular weight is 406 g/mol. The van der Waals surface area contributed by atoms with Gasteiger partial charge in [-0.3, -0.25) is 0 Å². The van der Waals surface area contributed by atoms with Gasteiger partial charge in [0.1, 0.15) is 11.8 Å². The zero-order valence-electron chi connectivity index (χ0n) is 17.3. The predicted molar refractivity (Wildman–Crippen MR) is 123 cm³/mol. The first-order chi connectivity index (χ1) is 14.9. The van der Waals surface area contributed by atoms with Gasteiger partial charge in [0.15, 0.2) is 0 Å². The van der Waals surface area contributed by atoms with Crippen LogP contribution in [0.4, 0.5) is 0 Å². The minimum absolute atomic E-state index is 0.429. The number of hydrogen-bond donors (Lipinski definition) is 2. The summed E-state index contributed by atoms with van der Waals surface area (Å²) in [7, 11) is 0. The first-order valence-electron chi connectivity index (χ1n) is 10.4. The fourth-order valence-corrected chi connectivity index (χ4v) is 4.90. The average Bonchev–Trinajstić information content (AvgIpc) is 2.77. The summed E-state index contributed by atoms with van der Waals surface area (Å²) in [6.45, 7) is 1.83. The van der Waals surface area contributed by atoms with Gasteiger partial charge in [-0.05, 0) is 71.2 Å². The van der Waals surface area contributed by atoms with Gasteiger partial charge in [0.2, 0.25) is 0 Å². The van der Waals surface area contributed by atoms with Crippen LogP contribution in [0.5, 0.6) is 0 Å². The molecule has 4 aromatic rings. The van der Waals surface area contributed by atoms with E-state index in [0.29, 0.717) is 18.5 Å². The van der Waals surface area contributed by atoms with Crippen LogP contribution in [-0.4, -0.2) is 15.7 Å². The number of hydrogen-bond acceptors (Lipinski definition) is 4. The number of fused-ring (bicyclic) bond motifs is 1. The van der Waals surface area contributed by atoms with E-state index in [4.69, 9.17) is 5.73 Å². The molecule has 0 bridgehead atoms. The van der Waals surface area contributed by atoms with Crippen LogP contribution in [0.3, 0.4) is 0 Å². The van der Waals surface area contributed by atoms with Crippen molar-refractivity contribution in [2.75, 3.05) is 0 Å². The van der Waals surface area contributed by atoms with Crippen molar-refractivity contribution in [3.63, 3.8) is 0 Å². The maximum Gasteiger partial charge on any atom is 0.148 e. The second-order valence-electron chi connectivity index (χ2n) is 8.84. The van der Waals surface area contributed by atoms with E-state index in [1.807, 2.05) is 31.2 Å². The summed E-state index contributed by atoms with van der Waals surface area (Å²) in [5.74, 6) is 0. The third-order valence-electron chi connectivity index (χ3n) is 6.26. The summed E-state index contributed by atoms with van der Waals surface area (Å²) in [6, 6.07) is 26.8. The molecule has 152 valence electrons. The topological polar surface area (TPSA) is 82.9 Å². The van der Waals surface area contributed by atoms with Crippen molar-refractivity contribution in [2.24, 2.45) is 5.73 Å². The van der Waals surface area contributed by atoms with Crippen LogP contribution in [0.25, 0.3) is 33.0 Å². The van der Waals surface area contributed by atoms with Crippen LogP contribution < -0.4 is 5.73 Å². The molecule has 0 amide bonds. The van der Waals surface area contributed by atoms with Crippen LogP contribution in [0.15, 0.2) is 79.0 Å². The molecule has 1 heterocycles. The molecule has 4 heteroatoms. The normalized spacial score (nSPS) is 22.6. The Labute approximate surface area is 181 Å². The highest BCUT2D eigenvalue weighted by atomic mass is 16.3. The Balaban J connectivity index is 1.65. The summed E-state index contributed by atoms with van der Waals surface area (Å²) >= 11 is 0. The quantitative estimate of drug-likeness (QED) is 0.494. The fourth-order valence-electron chi connectivity index (χ4n) is 4.90. The predicted octanol–water partition coefficient (Wildman–Crippen LogP) is 5.14. The molecule has 1 fully saturated rings. The van der Waals surface area contributed by atoms with E-state index in [-0.39, 0.29) is 0 Å². The number of nitriles is 1. The van der Waals surface area contributed by atoms with Crippen molar-refractivity contribution >= 4 is 10.8 Å². The van der Waals surface area contributed by atoms with E-state index in [9.17, 15) is 10.4 Å². The molecule has 0 radical (unpaired) electrons. The molecule has 4 nitrogen and oxygen atoms in total. The summed E-state index contributed by atoms with van der Waals surface area (Å²) in [5, 5.41) is 21.5.